The second-order valence-electron chi connectivity index (χ2n) is 7.53. The number of amides is 4. The Balaban J connectivity index is 1.45. The number of carbonyl (C=O) groups excluding carboxylic acids is 4. The van der Waals surface area contributed by atoms with E-state index in [0.29, 0.717) is 22.9 Å². The van der Waals surface area contributed by atoms with Crippen LogP contribution < -0.4 is 30.8 Å². The number of rotatable bonds is 8. The number of benzene rings is 2. The van der Waals surface area contributed by atoms with Crippen LogP contribution in [0.25, 0.3) is 0 Å². The Kier molecular flexibility index (Phi) is 8.97. The highest BCUT2D eigenvalue weighted by Crippen LogP contribution is 2.28. The third-order valence-electron chi connectivity index (χ3n) is 4.84. The molecule has 0 aliphatic carbocycles. The van der Waals surface area contributed by atoms with Gasteiger partial charge in [0.15, 0.2) is 0 Å². The number of hydrogen-bond donors (Lipinski definition) is 4. The summed E-state index contributed by atoms with van der Waals surface area (Å²) in [6, 6.07) is 14.8. The molecular formula is C25H25N5O7. The van der Waals surface area contributed by atoms with E-state index in [1.807, 2.05) is 19.1 Å². The van der Waals surface area contributed by atoms with Crippen LogP contribution in [0.1, 0.15) is 17.1 Å². The highest BCUT2D eigenvalue weighted by molar-refractivity contribution is 6.40. The SMILES string of the molecule is COc1ccc(NC(=O)C(=O)N/N=C/c2ccc(CNC(=O)C(=O)Nc3ccc(C)cc3)o2)c(OC)c1. The van der Waals surface area contributed by atoms with Crippen molar-refractivity contribution < 1.29 is 33.1 Å². The standard InChI is InChI=1S/C25H25N5O7/c1-15-4-6-16(7-5-15)28-23(32)22(31)26-13-18-8-9-19(37-18)14-27-30-25(34)24(33)29-20-11-10-17(35-2)12-21(20)36-3/h4-12,14H,13H2,1-3H3,(H,26,31)(H,28,32)(H,29,33)(H,30,34)/b27-14+. The Morgan fingerprint density at radius 2 is 1.59 bits per heavy atom. The summed E-state index contributed by atoms with van der Waals surface area (Å²) in [5, 5.41) is 11.0. The molecule has 0 unspecified atom stereocenters. The molecule has 4 amide bonds. The van der Waals surface area contributed by atoms with Crippen molar-refractivity contribution in [3.05, 3.63) is 71.7 Å². The molecule has 12 nitrogen and oxygen atoms in total. The molecule has 0 fully saturated rings. The molecule has 0 atom stereocenters. The van der Waals surface area contributed by atoms with Gasteiger partial charge >= 0.3 is 23.6 Å². The van der Waals surface area contributed by atoms with Gasteiger partial charge in [0, 0.05) is 11.8 Å². The van der Waals surface area contributed by atoms with Gasteiger partial charge in [0.25, 0.3) is 0 Å². The molecule has 37 heavy (non-hydrogen) atoms. The van der Waals surface area contributed by atoms with Gasteiger partial charge in [-0.1, -0.05) is 17.7 Å². The summed E-state index contributed by atoms with van der Waals surface area (Å²) in [6.45, 7) is 1.86. The van der Waals surface area contributed by atoms with Crippen LogP contribution in [-0.4, -0.2) is 44.1 Å². The normalized spacial score (nSPS) is 10.5. The number of nitrogens with one attached hydrogen (secondary N) is 4. The highest BCUT2D eigenvalue weighted by Gasteiger charge is 2.16. The lowest BCUT2D eigenvalue weighted by Crippen LogP contribution is -2.34. The first-order valence-electron chi connectivity index (χ1n) is 10.9. The quantitative estimate of drug-likeness (QED) is 0.206. The Labute approximate surface area is 212 Å². The van der Waals surface area contributed by atoms with Gasteiger partial charge in [-0.05, 0) is 43.3 Å². The minimum Gasteiger partial charge on any atom is -0.497 e. The van der Waals surface area contributed by atoms with Crippen LogP contribution in [0.5, 0.6) is 11.5 Å². The molecule has 3 rings (SSSR count). The zero-order chi connectivity index (χ0) is 26.8. The second-order valence-corrected chi connectivity index (χ2v) is 7.53. The zero-order valence-corrected chi connectivity index (χ0v) is 20.3. The van der Waals surface area contributed by atoms with Crippen molar-refractivity contribution in [1.82, 2.24) is 10.7 Å². The molecule has 0 aliphatic rings. The number of nitrogens with zero attached hydrogens (tertiary/aromatic N) is 1. The molecule has 1 heterocycles. The van der Waals surface area contributed by atoms with Crippen molar-refractivity contribution >= 4 is 41.2 Å². The average Bonchev–Trinajstić information content (AvgIpc) is 3.36. The number of hydrogen-bond acceptors (Lipinski definition) is 8. The van der Waals surface area contributed by atoms with Gasteiger partial charge in [0.2, 0.25) is 0 Å². The first-order chi connectivity index (χ1) is 17.8. The maximum absolute atomic E-state index is 12.1. The lowest BCUT2D eigenvalue weighted by molar-refractivity contribution is -0.136. The van der Waals surface area contributed by atoms with E-state index in [1.165, 1.54) is 32.6 Å². The molecule has 0 aliphatic heterocycles. The predicted octanol–water partition coefficient (Wildman–Crippen LogP) is 1.95. The molecule has 192 valence electrons. The van der Waals surface area contributed by atoms with Crippen molar-refractivity contribution in [2.45, 2.75) is 13.5 Å². The number of aryl methyl sites for hydroxylation is 1. The van der Waals surface area contributed by atoms with Crippen LogP contribution in [0.15, 0.2) is 64.1 Å². The molecule has 4 N–H and O–H groups in total. The molecule has 0 spiro atoms. The molecule has 0 saturated heterocycles. The van der Waals surface area contributed by atoms with Gasteiger partial charge < -0.3 is 29.8 Å². The van der Waals surface area contributed by atoms with Crippen molar-refractivity contribution in [2.24, 2.45) is 5.10 Å². The van der Waals surface area contributed by atoms with Gasteiger partial charge in [0.05, 0.1) is 32.7 Å². The smallest absolute Gasteiger partial charge is 0.329 e. The number of anilines is 2. The molecule has 1 aromatic heterocycles. The van der Waals surface area contributed by atoms with E-state index in [-0.39, 0.29) is 18.0 Å². The van der Waals surface area contributed by atoms with Gasteiger partial charge in [0.1, 0.15) is 23.0 Å². The maximum atomic E-state index is 12.1. The van der Waals surface area contributed by atoms with E-state index in [4.69, 9.17) is 13.9 Å². The number of hydrazone groups is 1. The molecular weight excluding hydrogens is 482 g/mol. The van der Waals surface area contributed by atoms with Crippen LogP contribution in [0.4, 0.5) is 11.4 Å². The van der Waals surface area contributed by atoms with Crippen LogP contribution in [0.2, 0.25) is 0 Å². The monoisotopic (exact) mass is 507 g/mol. The third kappa shape index (κ3) is 7.68. The number of ether oxygens (including phenoxy) is 2. The van der Waals surface area contributed by atoms with Crippen molar-refractivity contribution in [3.63, 3.8) is 0 Å². The Hall–Kier alpha value is -5.13. The van der Waals surface area contributed by atoms with Crippen molar-refractivity contribution in [1.29, 1.82) is 0 Å². The summed E-state index contributed by atoms with van der Waals surface area (Å²) in [4.78, 5) is 48.2. The number of furan rings is 1. The lowest BCUT2D eigenvalue weighted by Gasteiger charge is -2.10. The van der Waals surface area contributed by atoms with E-state index >= 15 is 0 Å². The number of methoxy groups -OCH3 is 2. The van der Waals surface area contributed by atoms with E-state index in [9.17, 15) is 19.2 Å². The summed E-state index contributed by atoms with van der Waals surface area (Å²) < 4.78 is 15.7. The average molecular weight is 508 g/mol. The van der Waals surface area contributed by atoms with Crippen LogP contribution >= 0.6 is 0 Å². The van der Waals surface area contributed by atoms with E-state index in [2.05, 4.69) is 26.5 Å². The van der Waals surface area contributed by atoms with Gasteiger partial charge in [-0.15, -0.1) is 0 Å². The Morgan fingerprint density at radius 3 is 2.30 bits per heavy atom. The predicted molar refractivity (Wildman–Crippen MR) is 134 cm³/mol. The Bertz CT molecular complexity index is 1320. The zero-order valence-electron chi connectivity index (χ0n) is 20.3. The summed E-state index contributed by atoms with van der Waals surface area (Å²) in [5.41, 5.74) is 3.88. The fourth-order valence-electron chi connectivity index (χ4n) is 2.92. The molecule has 3 aromatic rings. The number of carbonyl (C=O) groups is 4. The van der Waals surface area contributed by atoms with Crippen molar-refractivity contribution in [2.75, 3.05) is 24.9 Å². The maximum Gasteiger partial charge on any atom is 0.329 e. The van der Waals surface area contributed by atoms with Crippen LogP contribution in [0.3, 0.4) is 0 Å². The molecule has 0 saturated carbocycles. The van der Waals surface area contributed by atoms with Crippen LogP contribution in [0, 0.1) is 6.92 Å². The molecule has 0 bridgehead atoms. The first kappa shape index (κ1) is 26.5. The minimum absolute atomic E-state index is 0.0492. The van der Waals surface area contributed by atoms with E-state index in [0.717, 1.165) is 5.56 Å². The van der Waals surface area contributed by atoms with E-state index in [1.54, 1.807) is 30.3 Å². The van der Waals surface area contributed by atoms with Crippen molar-refractivity contribution in [3.8, 4) is 11.5 Å². The van der Waals surface area contributed by atoms with Crippen LogP contribution in [-0.2, 0) is 25.7 Å². The lowest BCUT2D eigenvalue weighted by atomic mass is 10.2. The fourth-order valence-corrected chi connectivity index (χ4v) is 2.92. The molecule has 0 radical (unpaired) electrons. The second kappa shape index (κ2) is 12.5. The molecule has 12 heteroatoms. The highest BCUT2D eigenvalue weighted by atomic mass is 16.5. The van der Waals surface area contributed by atoms with Gasteiger partial charge in [-0.3, -0.25) is 19.2 Å². The van der Waals surface area contributed by atoms with Gasteiger partial charge in [-0.2, -0.15) is 5.10 Å². The fraction of sp³-hybridized carbons (Fsp3) is 0.160. The van der Waals surface area contributed by atoms with E-state index < -0.39 is 23.6 Å². The summed E-state index contributed by atoms with van der Waals surface area (Å²) >= 11 is 0. The Morgan fingerprint density at radius 1 is 0.865 bits per heavy atom. The topological polar surface area (TPSA) is 160 Å². The minimum atomic E-state index is -1.02. The summed E-state index contributed by atoms with van der Waals surface area (Å²) in [6.07, 6.45) is 1.18. The third-order valence-corrected chi connectivity index (χ3v) is 4.84. The summed E-state index contributed by atoms with van der Waals surface area (Å²) in [7, 11) is 2.90. The molecule has 2 aromatic carbocycles. The van der Waals surface area contributed by atoms with Gasteiger partial charge in [-0.25, -0.2) is 5.43 Å². The summed E-state index contributed by atoms with van der Waals surface area (Å²) in [5.74, 6) is -2.22. The first-order valence-corrected chi connectivity index (χ1v) is 10.9. The largest absolute Gasteiger partial charge is 0.497 e.